The minimum Gasteiger partial charge on any atom is -0.207 e. The van der Waals surface area contributed by atoms with E-state index in [9.17, 15) is 8.42 Å². The first-order valence-electron chi connectivity index (χ1n) is 5.29. The minimum atomic E-state index is -3.19. The van der Waals surface area contributed by atoms with Crippen molar-refractivity contribution in [3.8, 4) is 0 Å². The maximum absolute atomic E-state index is 12.2. The normalized spacial score (nSPS) is 28.4. The molecule has 1 saturated heterocycles. The van der Waals surface area contributed by atoms with Gasteiger partial charge in [-0.1, -0.05) is 18.2 Å². The van der Waals surface area contributed by atoms with Crippen molar-refractivity contribution in [3.63, 3.8) is 0 Å². The van der Waals surface area contributed by atoms with Crippen LogP contribution in [0.15, 0.2) is 29.2 Å². The lowest BCUT2D eigenvalue weighted by Gasteiger charge is -2.30. The Morgan fingerprint density at radius 1 is 1.27 bits per heavy atom. The van der Waals surface area contributed by atoms with E-state index in [1.807, 2.05) is 12.1 Å². The lowest BCUT2D eigenvalue weighted by molar-refractivity contribution is 0.371. The van der Waals surface area contributed by atoms with Crippen LogP contribution in [0, 0.1) is 0 Å². The molecular formula is C11H13NO2S. The maximum atomic E-state index is 12.2. The molecule has 0 radical (unpaired) electrons. The lowest BCUT2D eigenvalue weighted by Crippen LogP contribution is -2.41. The number of fused-ring (bicyclic) bond motifs is 2. The Balaban J connectivity index is 2.21. The molecule has 4 heteroatoms. The Labute approximate surface area is 89.8 Å². The van der Waals surface area contributed by atoms with Crippen molar-refractivity contribution < 1.29 is 8.42 Å². The molecule has 0 amide bonds. The van der Waals surface area contributed by atoms with Crippen LogP contribution in [-0.2, 0) is 16.4 Å². The monoisotopic (exact) mass is 223 g/mol. The van der Waals surface area contributed by atoms with Crippen molar-refractivity contribution in [1.29, 1.82) is 0 Å². The van der Waals surface area contributed by atoms with Gasteiger partial charge in [-0.05, 0) is 30.9 Å². The van der Waals surface area contributed by atoms with Crippen molar-refractivity contribution in [2.75, 3.05) is 6.54 Å². The van der Waals surface area contributed by atoms with Crippen molar-refractivity contribution in [3.05, 3.63) is 29.8 Å². The molecule has 2 heterocycles. The number of sulfonamides is 1. The van der Waals surface area contributed by atoms with E-state index < -0.39 is 10.0 Å². The molecule has 0 saturated carbocycles. The van der Waals surface area contributed by atoms with Gasteiger partial charge >= 0.3 is 0 Å². The van der Waals surface area contributed by atoms with Gasteiger partial charge in [0, 0.05) is 12.6 Å². The predicted octanol–water partition coefficient (Wildman–Crippen LogP) is 1.40. The van der Waals surface area contributed by atoms with E-state index in [0.717, 1.165) is 24.8 Å². The third-order valence-electron chi connectivity index (χ3n) is 3.34. The fourth-order valence-electron chi connectivity index (χ4n) is 2.63. The highest BCUT2D eigenvalue weighted by Gasteiger charge is 2.40. The van der Waals surface area contributed by atoms with Gasteiger partial charge in [-0.25, -0.2) is 8.42 Å². The summed E-state index contributed by atoms with van der Waals surface area (Å²) >= 11 is 0. The van der Waals surface area contributed by atoms with Crippen LogP contribution in [-0.4, -0.2) is 25.3 Å². The third-order valence-corrected chi connectivity index (χ3v) is 5.39. The molecule has 3 nitrogen and oxygen atoms in total. The molecule has 2 aliphatic rings. The highest BCUT2D eigenvalue weighted by molar-refractivity contribution is 7.89. The predicted molar refractivity (Wildman–Crippen MR) is 57.1 cm³/mol. The molecule has 1 fully saturated rings. The molecule has 2 aliphatic heterocycles. The summed E-state index contributed by atoms with van der Waals surface area (Å²) in [5.41, 5.74) is 0.987. The zero-order valence-electron chi connectivity index (χ0n) is 8.39. The van der Waals surface area contributed by atoms with Crippen LogP contribution >= 0.6 is 0 Å². The Hall–Kier alpha value is -0.870. The Morgan fingerprint density at radius 3 is 2.93 bits per heavy atom. The first-order chi connectivity index (χ1) is 7.19. The first kappa shape index (κ1) is 9.36. The van der Waals surface area contributed by atoms with Crippen molar-refractivity contribution in [2.24, 2.45) is 0 Å². The van der Waals surface area contributed by atoms with E-state index in [4.69, 9.17) is 0 Å². The molecule has 0 N–H and O–H groups in total. The summed E-state index contributed by atoms with van der Waals surface area (Å²) in [5, 5.41) is 0. The zero-order valence-corrected chi connectivity index (χ0v) is 9.20. The number of rotatable bonds is 0. The second kappa shape index (κ2) is 3.06. The van der Waals surface area contributed by atoms with Crippen LogP contribution in [0.4, 0.5) is 0 Å². The topological polar surface area (TPSA) is 37.4 Å². The summed E-state index contributed by atoms with van der Waals surface area (Å²) in [4.78, 5) is 0.517. The van der Waals surface area contributed by atoms with Crippen LogP contribution < -0.4 is 0 Å². The van der Waals surface area contributed by atoms with E-state index in [1.165, 1.54) is 0 Å². The first-order valence-corrected chi connectivity index (χ1v) is 6.73. The number of hydrogen-bond donors (Lipinski definition) is 0. The quantitative estimate of drug-likeness (QED) is 0.666. The van der Waals surface area contributed by atoms with E-state index in [0.29, 0.717) is 11.4 Å². The van der Waals surface area contributed by atoms with Crippen LogP contribution in [0.5, 0.6) is 0 Å². The summed E-state index contributed by atoms with van der Waals surface area (Å²) < 4.78 is 26.1. The number of benzene rings is 1. The van der Waals surface area contributed by atoms with E-state index in [1.54, 1.807) is 16.4 Å². The molecule has 0 bridgehead atoms. The van der Waals surface area contributed by atoms with Crippen LogP contribution in [0.2, 0.25) is 0 Å². The second-order valence-electron chi connectivity index (χ2n) is 4.22. The summed E-state index contributed by atoms with van der Waals surface area (Å²) in [6.07, 6.45) is 2.89. The Bertz CT molecular complexity index is 495. The molecular weight excluding hydrogens is 210 g/mol. The standard InChI is InChI=1S/C11H13NO2S/c13-15(14)11-6-2-1-4-9(11)8-10-5-3-7-12(10)15/h1-2,4,6,10H,3,5,7-8H2/t10-/m0/s1. The summed E-state index contributed by atoms with van der Waals surface area (Å²) in [7, 11) is -3.19. The highest BCUT2D eigenvalue weighted by Crippen LogP contribution is 2.34. The molecule has 1 atom stereocenters. The van der Waals surface area contributed by atoms with Gasteiger partial charge in [-0.2, -0.15) is 4.31 Å². The molecule has 80 valence electrons. The maximum Gasteiger partial charge on any atom is 0.243 e. The molecule has 0 aliphatic carbocycles. The van der Waals surface area contributed by atoms with Crippen LogP contribution in [0.25, 0.3) is 0 Å². The number of nitrogens with zero attached hydrogens (tertiary/aromatic N) is 1. The zero-order chi connectivity index (χ0) is 10.5. The van der Waals surface area contributed by atoms with Gasteiger partial charge in [-0.15, -0.1) is 0 Å². The molecule has 1 aromatic rings. The summed E-state index contributed by atoms with van der Waals surface area (Å²) in [6.45, 7) is 0.696. The third kappa shape index (κ3) is 1.25. The van der Waals surface area contributed by atoms with Gasteiger partial charge in [0.1, 0.15) is 0 Å². The van der Waals surface area contributed by atoms with Gasteiger partial charge in [0.05, 0.1) is 4.90 Å². The van der Waals surface area contributed by atoms with Gasteiger partial charge < -0.3 is 0 Å². The van der Waals surface area contributed by atoms with Gasteiger partial charge in [0.25, 0.3) is 0 Å². The molecule has 3 rings (SSSR count). The second-order valence-corrected chi connectivity index (χ2v) is 6.08. The van der Waals surface area contributed by atoms with Gasteiger partial charge in [0.15, 0.2) is 0 Å². The average Bonchev–Trinajstić information content (AvgIpc) is 2.67. The Morgan fingerprint density at radius 2 is 2.07 bits per heavy atom. The van der Waals surface area contributed by atoms with Gasteiger partial charge in [-0.3, -0.25) is 0 Å². The van der Waals surface area contributed by atoms with Crippen LogP contribution in [0.1, 0.15) is 18.4 Å². The van der Waals surface area contributed by atoms with E-state index in [-0.39, 0.29) is 6.04 Å². The van der Waals surface area contributed by atoms with Gasteiger partial charge in [0.2, 0.25) is 10.0 Å². The summed E-state index contributed by atoms with van der Waals surface area (Å²) in [5.74, 6) is 0. The van der Waals surface area contributed by atoms with Crippen LogP contribution in [0.3, 0.4) is 0 Å². The minimum absolute atomic E-state index is 0.213. The molecule has 1 aromatic carbocycles. The fourth-order valence-corrected chi connectivity index (χ4v) is 4.56. The SMILES string of the molecule is O=S1(=O)c2ccccc2C[C@@H]2CCCN21. The van der Waals surface area contributed by atoms with E-state index >= 15 is 0 Å². The largest absolute Gasteiger partial charge is 0.243 e. The van der Waals surface area contributed by atoms with Crippen molar-refractivity contribution in [2.45, 2.75) is 30.2 Å². The highest BCUT2D eigenvalue weighted by atomic mass is 32.2. The molecule has 0 unspecified atom stereocenters. The number of hydrogen-bond acceptors (Lipinski definition) is 2. The van der Waals surface area contributed by atoms with E-state index in [2.05, 4.69) is 0 Å². The molecule has 0 spiro atoms. The van der Waals surface area contributed by atoms with Crippen molar-refractivity contribution >= 4 is 10.0 Å². The lowest BCUT2D eigenvalue weighted by atomic mass is 10.0. The smallest absolute Gasteiger partial charge is 0.207 e. The fraction of sp³-hybridized carbons (Fsp3) is 0.455. The summed E-state index contributed by atoms with van der Waals surface area (Å²) in [6, 6.07) is 7.58. The molecule has 0 aromatic heterocycles. The van der Waals surface area contributed by atoms with Crippen molar-refractivity contribution in [1.82, 2.24) is 4.31 Å². The average molecular weight is 223 g/mol. The Kier molecular flexibility index (Phi) is 1.91. The molecule has 15 heavy (non-hydrogen) atoms.